The van der Waals surface area contributed by atoms with Gasteiger partial charge in [-0.2, -0.15) is 0 Å². The average Bonchev–Trinajstić information content (AvgIpc) is 3.48. The number of azide groups is 1. The van der Waals surface area contributed by atoms with Crippen molar-refractivity contribution in [2.24, 2.45) is 5.11 Å². The smallest absolute Gasteiger partial charge is 0.187 e. The highest BCUT2D eigenvalue weighted by Crippen LogP contribution is 2.34. The molecular weight excluding hydrogens is 502 g/mol. The predicted molar refractivity (Wildman–Crippen MR) is 119 cm³/mol. The number of rotatable bonds is 15. The van der Waals surface area contributed by atoms with E-state index in [4.69, 9.17) is 34.0 Å². The second kappa shape index (κ2) is 14.8. The molecule has 0 radical (unpaired) electrons. The molecule has 1 unspecified atom stereocenters. The molecule has 0 spiro atoms. The Morgan fingerprint density at radius 3 is 1.68 bits per heavy atom. The molecule has 3 rings (SSSR count). The van der Waals surface area contributed by atoms with Crippen molar-refractivity contribution in [3.05, 3.63) is 10.4 Å². The van der Waals surface area contributed by atoms with Crippen molar-refractivity contribution in [2.45, 2.75) is 99.5 Å². The van der Waals surface area contributed by atoms with Crippen LogP contribution in [0.3, 0.4) is 0 Å². The van der Waals surface area contributed by atoms with Crippen LogP contribution in [0.4, 0.5) is 0 Å². The highest BCUT2D eigenvalue weighted by molar-refractivity contribution is 4.95. The summed E-state index contributed by atoms with van der Waals surface area (Å²) in [7, 11) is 0. The summed E-state index contributed by atoms with van der Waals surface area (Å²) in [6, 6.07) is 0. The van der Waals surface area contributed by atoms with Gasteiger partial charge in [0.2, 0.25) is 0 Å². The molecular formula is C21H37N3O13. The Balaban J connectivity index is 1.67. The normalized spacial score (nSPS) is 41.8. The largest absolute Gasteiger partial charge is 0.394 e. The zero-order valence-corrected chi connectivity index (χ0v) is 20.2. The van der Waals surface area contributed by atoms with Gasteiger partial charge in [-0.1, -0.05) is 18.0 Å². The quantitative estimate of drug-likeness (QED) is 0.0483. The van der Waals surface area contributed by atoms with Crippen LogP contribution in [0.15, 0.2) is 5.11 Å². The Morgan fingerprint density at radius 2 is 1.16 bits per heavy atom. The van der Waals surface area contributed by atoms with Crippen LogP contribution in [0, 0.1) is 0 Å². The fourth-order valence-corrected chi connectivity index (χ4v) is 4.43. The molecule has 3 fully saturated rings. The molecule has 0 aromatic heterocycles. The lowest BCUT2D eigenvalue weighted by Crippen LogP contribution is -2.47. The van der Waals surface area contributed by atoms with Gasteiger partial charge >= 0.3 is 0 Å². The first kappa shape index (κ1) is 30.3. The van der Waals surface area contributed by atoms with Crippen molar-refractivity contribution in [1.29, 1.82) is 0 Å². The minimum atomic E-state index is -1.52. The van der Waals surface area contributed by atoms with Crippen molar-refractivity contribution in [3.8, 4) is 0 Å². The molecule has 3 aliphatic rings. The maximum Gasteiger partial charge on any atom is 0.187 e. The molecule has 12 atom stereocenters. The summed E-state index contributed by atoms with van der Waals surface area (Å²) in [5, 5.41) is 72.9. The molecule has 16 heteroatoms. The van der Waals surface area contributed by atoms with Gasteiger partial charge in [-0.15, -0.1) is 0 Å². The van der Waals surface area contributed by atoms with Crippen molar-refractivity contribution in [3.63, 3.8) is 0 Å². The highest BCUT2D eigenvalue weighted by Gasteiger charge is 2.54. The van der Waals surface area contributed by atoms with Crippen LogP contribution in [-0.2, 0) is 28.4 Å². The zero-order valence-electron chi connectivity index (χ0n) is 20.2. The van der Waals surface area contributed by atoms with Gasteiger partial charge < -0.3 is 64.2 Å². The summed E-state index contributed by atoms with van der Waals surface area (Å²) in [5.74, 6) is 0. The van der Waals surface area contributed by atoms with Gasteiger partial charge in [0.05, 0.1) is 19.8 Å². The maximum atomic E-state index is 10.3. The van der Waals surface area contributed by atoms with Gasteiger partial charge in [-0.25, -0.2) is 0 Å². The molecule has 214 valence electrons. The van der Waals surface area contributed by atoms with Crippen LogP contribution in [0.25, 0.3) is 10.4 Å². The van der Waals surface area contributed by atoms with Crippen molar-refractivity contribution in [2.75, 3.05) is 33.0 Å². The minimum Gasteiger partial charge on any atom is -0.394 e. The first-order valence-corrected chi connectivity index (χ1v) is 12.3. The molecule has 0 bridgehead atoms. The second-order valence-corrected chi connectivity index (χ2v) is 9.08. The van der Waals surface area contributed by atoms with E-state index in [0.717, 1.165) is 19.3 Å². The van der Waals surface area contributed by atoms with Crippen molar-refractivity contribution in [1.82, 2.24) is 0 Å². The van der Waals surface area contributed by atoms with E-state index in [-0.39, 0.29) is 6.61 Å². The van der Waals surface area contributed by atoms with Crippen LogP contribution in [0.2, 0.25) is 0 Å². The van der Waals surface area contributed by atoms with Crippen LogP contribution >= 0.6 is 0 Å². The molecule has 7 N–H and O–H groups in total. The Labute approximate surface area is 212 Å². The van der Waals surface area contributed by atoms with Gasteiger partial charge in [-0.3, -0.25) is 0 Å². The molecule has 0 aromatic rings. The molecule has 3 saturated heterocycles. The van der Waals surface area contributed by atoms with Crippen LogP contribution in [0.1, 0.15) is 25.7 Å². The lowest BCUT2D eigenvalue weighted by molar-refractivity contribution is -0.264. The van der Waals surface area contributed by atoms with Crippen LogP contribution in [0.5, 0.6) is 0 Å². The number of hydrogen-bond acceptors (Lipinski definition) is 14. The van der Waals surface area contributed by atoms with Gasteiger partial charge in [0.15, 0.2) is 18.9 Å². The molecule has 0 aromatic carbocycles. The Hall–Kier alpha value is -1.21. The van der Waals surface area contributed by atoms with Gasteiger partial charge in [0, 0.05) is 18.1 Å². The standard InChI is InChI=1S/C21H37N3O13/c22-24-23-5-3-1-2-4-6-32-21-18(37-20-16(31)14(29)11(8-26)34-20)17(12(9-27)35-21)36-19-15(30)13(28)10(7-25)33-19/h10-21,25-31H,1-9H2/t10-,11-,12-,13-,14-,15+,16+,17-,18+,19-,20-,21?/m1/s1. The van der Waals surface area contributed by atoms with Crippen molar-refractivity contribution >= 4 is 0 Å². The summed E-state index contributed by atoms with van der Waals surface area (Å²) < 4.78 is 34.1. The predicted octanol–water partition coefficient (Wildman–Crippen LogP) is -2.76. The van der Waals surface area contributed by atoms with E-state index in [1.807, 2.05) is 0 Å². The molecule has 0 saturated carbocycles. The molecule has 0 aliphatic carbocycles. The lowest BCUT2D eigenvalue weighted by Gasteiger charge is -2.30. The van der Waals surface area contributed by atoms with E-state index in [9.17, 15) is 35.7 Å². The van der Waals surface area contributed by atoms with Crippen LogP contribution < -0.4 is 0 Å². The molecule has 0 amide bonds. The summed E-state index contributed by atoms with van der Waals surface area (Å²) in [4.78, 5) is 2.70. The van der Waals surface area contributed by atoms with Crippen LogP contribution in [-0.4, -0.2) is 143 Å². The topological polar surface area (TPSA) is 246 Å². The third-order valence-corrected chi connectivity index (χ3v) is 6.52. The number of aliphatic hydroxyl groups is 7. The van der Waals surface area contributed by atoms with E-state index in [0.29, 0.717) is 13.0 Å². The Morgan fingerprint density at radius 1 is 0.649 bits per heavy atom. The molecule has 16 nitrogen and oxygen atoms in total. The summed E-state index contributed by atoms with van der Waals surface area (Å²) in [6.45, 7) is -1.06. The number of hydrogen-bond donors (Lipinski definition) is 7. The summed E-state index contributed by atoms with van der Waals surface area (Å²) >= 11 is 0. The number of ether oxygens (including phenoxy) is 6. The van der Waals surface area contributed by atoms with Crippen molar-refractivity contribution < 1.29 is 64.2 Å². The maximum absolute atomic E-state index is 10.3. The Bertz CT molecular complexity index is 732. The fraction of sp³-hybridized carbons (Fsp3) is 1.00. The summed E-state index contributed by atoms with van der Waals surface area (Å²) in [6.07, 6.45) is -12.4. The van der Waals surface area contributed by atoms with E-state index >= 15 is 0 Å². The van der Waals surface area contributed by atoms with E-state index in [1.165, 1.54) is 0 Å². The average molecular weight is 540 g/mol. The third kappa shape index (κ3) is 7.46. The third-order valence-electron chi connectivity index (χ3n) is 6.52. The monoisotopic (exact) mass is 539 g/mol. The lowest BCUT2D eigenvalue weighted by atomic mass is 10.1. The van der Waals surface area contributed by atoms with Gasteiger partial charge in [0.25, 0.3) is 0 Å². The highest BCUT2D eigenvalue weighted by atomic mass is 16.8. The molecule has 37 heavy (non-hydrogen) atoms. The van der Waals surface area contributed by atoms with Gasteiger partial charge in [-0.05, 0) is 18.4 Å². The Kier molecular flexibility index (Phi) is 12.1. The van der Waals surface area contributed by atoms with Gasteiger partial charge in [0.1, 0.15) is 54.9 Å². The molecule has 3 heterocycles. The second-order valence-electron chi connectivity index (χ2n) is 9.08. The fourth-order valence-electron chi connectivity index (χ4n) is 4.43. The first-order chi connectivity index (χ1) is 17.9. The summed E-state index contributed by atoms with van der Waals surface area (Å²) in [5.41, 5.74) is 8.31. The molecule has 3 aliphatic heterocycles. The van der Waals surface area contributed by atoms with E-state index in [2.05, 4.69) is 10.0 Å². The first-order valence-electron chi connectivity index (χ1n) is 12.3. The SMILES string of the molecule is [N-]=[N+]=NCCCCCCOC1O[C@H](CO)[C@@H](O[C@H]2O[C@H](CO)[C@@H](O)[C@@H]2O)[C@@H]1O[C@H]1O[C@H](CO)[C@@H](O)[C@@H]1O. The van der Waals surface area contributed by atoms with E-state index < -0.39 is 93.6 Å². The zero-order chi connectivity index (χ0) is 26.9. The van der Waals surface area contributed by atoms with E-state index in [1.54, 1.807) is 0 Å². The minimum absolute atomic E-state index is 0.223. The number of unbranched alkanes of at least 4 members (excludes halogenated alkanes) is 3. The number of nitrogens with zero attached hydrogens (tertiary/aromatic N) is 3. The number of aliphatic hydroxyl groups excluding tert-OH is 7.